The standard InChI is InChI=1S/C19H17ClN2O3/c20-13-9-7-12(8-10-13)17(23)14-4-1-2-5-15(14)18(24)22-16-6-3-11-21-19(16)25/h1-2,4-5,7-10,16H,3,6,11H2,(H,21,25)(H,22,24). The van der Waals surface area contributed by atoms with Gasteiger partial charge in [-0.2, -0.15) is 0 Å². The summed E-state index contributed by atoms with van der Waals surface area (Å²) in [5.41, 5.74) is 0.986. The predicted molar refractivity (Wildman–Crippen MR) is 94.8 cm³/mol. The zero-order chi connectivity index (χ0) is 17.8. The molecular formula is C19H17ClN2O3. The Balaban J connectivity index is 1.85. The van der Waals surface area contributed by atoms with Gasteiger partial charge in [0.05, 0.1) is 5.56 Å². The Morgan fingerprint density at radius 1 is 1.04 bits per heavy atom. The Morgan fingerprint density at radius 3 is 2.40 bits per heavy atom. The number of carbonyl (C=O) groups is 3. The summed E-state index contributed by atoms with van der Waals surface area (Å²) in [5.74, 6) is -0.892. The van der Waals surface area contributed by atoms with Crippen molar-refractivity contribution in [1.82, 2.24) is 10.6 Å². The number of hydrogen-bond acceptors (Lipinski definition) is 3. The van der Waals surface area contributed by atoms with Gasteiger partial charge in [0.1, 0.15) is 6.04 Å². The second-order valence-electron chi connectivity index (χ2n) is 5.84. The molecule has 1 saturated heterocycles. The van der Waals surface area contributed by atoms with Crippen LogP contribution in [0.3, 0.4) is 0 Å². The lowest BCUT2D eigenvalue weighted by atomic mass is 9.97. The summed E-state index contributed by atoms with van der Waals surface area (Å²) in [4.78, 5) is 37.2. The molecule has 2 N–H and O–H groups in total. The van der Waals surface area contributed by atoms with E-state index in [2.05, 4.69) is 10.6 Å². The van der Waals surface area contributed by atoms with Crippen molar-refractivity contribution in [2.75, 3.05) is 6.54 Å². The lowest BCUT2D eigenvalue weighted by molar-refractivity contribution is -0.124. The number of hydrogen-bond donors (Lipinski definition) is 2. The zero-order valence-electron chi connectivity index (χ0n) is 13.4. The first kappa shape index (κ1) is 17.2. The second kappa shape index (κ2) is 7.49. The van der Waals surface area contributed by atoms with E-state index in [1.807, 2.05) is 0 Å². The number of nitrogens with one attached hydrogen (secondary N) is 2. The highest BCUT2D eigenvalue weighted by Crippen LogP contribution is 2.17. The Labute approximate surface area is 150 Å². The van der Waals surface area contributed by atoms with E-state index in [1.165, 1.54) is 0 Å². The molecule has 0 bridgehead atoms. The second-order valence-corrected chi connectivity index (χ2v) is 6.28. The van der Waals surface area contributed by atoms with Gasteiger partial charge in [0.15, 0.2) is 5.78 Å². The average Bonchev–Trinajstić information content (AvgIpc) is 2.63. The fraction of sp³-hybridized carbons (Fsp3) is 0.211. The summed E-state index contributed by atoms with van der Waals surface area (Å²) in [6, 6.07) is 12.5. The van der Waals surface area contributed by atoms with Gasteiger partial charge in [0.2, 0.25) is 5.91 Å². The molecule has 1 heterocycles. The van der Waals surface area contributed by atoms with E-state index in [0.29, 0.717) is 29.1 Å². The van der Waals surface area contributed by atoms with Crippen molar-refractivity contribution in [3.8, 4) is 0 Å². The van der Waals surface area contributed by atoms with Crippen LogP contribution in [-0.4, -0.2) is 30.2 Å². The van der Waals surface area contributed by atoms with Gasteiger partial charge in [0.25, 0.3) is 5.91 Å². The summed E-state index contributed by atoms with van der Waals surface area (Å²) in [6.45, 7) is 0.622. The van der Waals surface area contributed by atoms with Crippen molar-refractivity contribution < 1.29 is 14.4 Å². The fourth-order valence-corrected chi connectivity index (χ4v) is 2.91. The van der Waals surface area contributed by atoms with Gasteiger partial charge in [-0.05, 0) is 43.2 Å². The van der Waals surface area contributed by atoms with E-state index in [4.69, 9.17) is 11.6 Å². The maximum atomic E-state index is 12.7. The number of carbonyl (C=O) groups excluding carboxylic acids is 3. The van der Waals surface area contributed by atoms with Crippen LogP contribution in [0.25, 0.3) is 0 Å². The van der Waals surface area contributed by atoms with Crippen molar-refractivity contribution in [3.05, 3.63) is 70.2 Å². The van der Waals surface area contributed by atoms with E-state index in [1.54, 1.807) is 48.5 Å². The lowest BCUT2D eigenvalue weighted by Crippen LogP contribution is -2.50. The molecule has 0 spiro atoms. The molecule has 1 unspecified atom stereocenters. The third-order valence-corrected chi connectivity index (χ3v) is 4.37. The molecule has 128 valence electrons. The Hall–Kier alpha value is -2.66. The third kappa shape index (κ3) is 3.88. The van der Waals surface area contributed by atoms with Crippen molar-refractivity contribution >= 4 is 29.2 Å². The van der Waals surface area contributed by atoms with Crippen molar-refractivity contribution in [1.29, 1.82) is 0 Å². The van der Waals surface area contributed by atoms with E-state index in [9.17, 15) is 14.4 Å². The molecule has 0 aliphatic carbocycles. The molecule has 1 aliphatic heterocycles. The predicted octanol–water partition coefficient (Wildman–Crippen LogP) is 2.58. The first-order valence-electron chi connectivity index (χ1n) is 8.04. The molecule has 3 rings (SSSR count). The lowest BCUT2D eigenvalue weighted by Gasteiger charge is -2.23. The van der Waals surface area contributed by atoms with Crippen LogP contribution in [0.1, 0.15) is 39.1 Å². The largest absolute Gasteiger partial charge is 0.354 e. The molecule has 1 atom stereocenters. The highest BCUT2D eigenvalue weighted by Gasteiger charge is 2.26. The minimum absolute atomic E-state index is 0.193. The van der Waals surface area contributed by atoms with Crippen LogP contribution < -0.4 is 10.6 Å². The molecular weight excluding hydrogens is 340 g/mol. The normalized spacial score (nSPS) is 16.8. The summed E-state index contributed by atoms with van der Waals surface area (Å²) in [6.07, 6.45) is 1.40. The zero-order valence-corrected chi connectivity index (χ0v) is 14.2. The summed E-state index contributed by atoms with van der Waals surface area (Å²) >= 11 is 5.85. The fourth-order valence-electron chi connectivity index (χ4n) is 2.78. The first-order valence-corrected chi connectivity index (χ1v) is 8.42. The van der Waals surface area contributed by atoms with Gasteiger partial charge in [-0.3, -0.25) is 14.4 Å². The van der Waals surface area contributed by atoms with Crippen molar-refractivity contribution in [3.63, 3.8) is 0 Å². The van der Waals surface area contributed by atoms with E-state index in [-0.39, 0.29) is 17.3 Å². The smallest absolute Gasteiger partial charge is 0.252 e. The number of halogens is 1. The third-order valence-electron chi connectivity index (χ3n) is 4.11. The number of ketones is 1. The molecule has 2 aromatic carbocycles. The molecule has 1 aliphatic rings. The number of rotatable bonds is 4. The SMILES string of the molecule is O=C(NC1CCCNC1=O)c1ccccc1C(=O)c1ccc(Cl)cc1. The Kier molecular flexibility index (Phi) is 5.14. The first-order chi connectivity index (χ1) is 12.1. The van der Waals surface area contributed by atoms with E-state index >= 15 is 0 Å². The quantitative estimate of drug-likeness (QED) is 0.827. The van der Waals surface area contributed by atoms with Crippen LogP contribution in [0.5, 0.6) is 0 Å². The van der Waals surface area contributed by atoms with Gasteiger partial charge in [0, 0.05) is 22.7 Å². The molecule has 0 saturated carbocycles. The Bertz CT molecular complexity index is 818. The maximum Gasteiger partial charge on any atom is 0.252 e. The van der Waals surface area contributed by atoms with Crippen molar-refractivity contribution in [2.24, 2.45) is 0 Å². The van der Waals surface area contributed by atoms with Gasteiger partial charge in [-0.15, -0.1) is 0 Å². The number of benzene rings is 2. The van der Waals surface area contributed by atoms with E-state index < -0.39 is 11.9 Å². The monoisotopic (exact) mass is 356 g/mol. The summed E-state index contributed by atoms with van der Waals surface area (Å²) in [7, 11) is 0. The highest BCUT2D eigenvalue weighted by molar-refractivity contribution is 6.30. The van der Waals surface area contributed by atoms with Crippen LogP contribution in [0.4, 0.5) is 0 Å². The van der Waals surface area contributed by atoms with Gasteiger partial charge >= 0.3 is 0 Å². The molecule has 5 nitrogen and oxygen atoms in total. The van der Waals surface area contributed by atoms with Crippen LogP contribution in [0, 0.1) is 0 Å². The highest BCUT2D eigenvalue weighted by atomic mass is 35.5. The minimum Gasteiger partial charge on any atom is -0.354 e. The van der Waals surface area contributed by atoms with Crippen LogP contribution in [0.2, 0.25) is 5.02 Å². The molecule has 1 fully saturated rings. The Morgan fingerprint density at radius 2 is 1.72 bits per heavy atom. The molecule has 0 radical (unpaired) electrons. The maximum absolute atomic E-state index is 12.7. The topological polar surface area (TPSA) is 75.3 Å². The van der Waals surface area contributed by atoms with E-state index in [0.717, 1.165) is 6.42 Å². The molecule has 6 heteroatoms. The van der Waals surface area contributed by atoms with Crippen LogP contribution in [0.15, 0.2) is 48.5 Å². The number of amides is 2. The van der Waals surface area contributed by atoms with Gasteiger partial charge in [-0.25, -0.2) is 0 Å². The van der Waals surface area contributed by atoms with Gasteiger partial charge in [-0.1, -0.05) is 29.8 Å². The minimum atomic E-state index is -0.569. The van der Waals surface area contributed by atoms with Crippen molar-refractivity contribution in [2.45, 2.75) is 18.9 Å². The van der Waals surface area contributed by atoms with Gasteiger partial charge < -0.3 is 10.6 Å². The summed E-state index contributed by atoms with van der Waals surface area (Å²) in [5, 5.41) is 5.97. The average molecular weight is 357 g/mol. The number of piperidine rings is 1. The summed E-state index contributed by atoms with van der Waals surface area (Å²) < 4.78 is 0. The van der Waals surface area contributed by atoms with Crippen LogP contribution >= 0.6 is 11.6 Å². The van der Waals surface area contributed by atoms with Crippen LogP contribution in [-0.2, 0) is 4.79 Å². The molecule has 2 aromatic rings. The molecule has 2 amide bonds. The molecule has 0 aromatic heterocycles. The molecule has 25 heavy (non-hydrogen) atoms.